The average Bonchev–Trinajstić information content (AvgIpc) is 3.63. The molecule has 0 spiro atoms. The van der Waals surface area contributed by atoms with Crippen LogP contribution < -0.4 is 10.6 Å². The van der Waals surface area contributed by atoms with Gasteiger partial charge in [-0.1, -0.05) is 0 Å². The third-order valence-electron chi connectivity index (χ3n) is 7.54. The van der Waals surface area contributed by atoms with Crippen LogP contribution in [0.5, 0.6) is 0 Å². The Kier molecular flexibility index (Phi) is 15.2. The van der Waals surface area contributed by atoms with Crippen LogP contribution in [0.3, 0.4) is 0 Å². The van der Waals surface area contributed by atoms with E-state index in [2.05, 4.69) is 28.1 Å². The van der Waals surface area contributed by atoms with E-state index in [0.717, 1.165) is 18.3 Å². The summed E-state index contributed by atoms with van der Waals surface area (Å²) >= 11 is 5.95. The van der Waals surface area contributed by atoms with Gasteiger partial charge in [0.15, 0.2) is 17.7 Å². The highest BCUT2D eigenvalue weighted by molar-refractivity contribution is 7.66. The number of anilines is 2. The van der Waals surface area contributed by atoms with Gasteiger partial charge in [-0.15, -0.1) is 11.6 Å². The Balaban J connectivity index is 1.24. The number of aldehydes is 1. The van der Waals surface area contributed by atoms with E-state index >= 15 is 0 Å². The first kappa shape index (κ1) is 42.3. The van der Waals surface area contributed by atoms with Crippen LogP contribution in [-0.4, -0.2) is 137 Å². The molecule has 1 saturated heterocycles. The van der Waals surface area contributed by atoms with Crippen LogP contribution in [0.2, 0.25) is 0 Å². The molecule has 1 aliphatic rings. The van der Waals surface area contributed by atoms with Gasteiger partial charge in [0.1, 0.15) is 36.4 Å². The molecule has 0 amide bonds. The molecular weight excluding hydrogens is 779 g/mol. The van der Waals surface area contributed by atoms with Gasteiger partial charge in [-0.3, -0.25) is 23.3 Å². The monoisotopic (exact) mass is 817 g/mol. The van der Waals surface area contributed by atoms with Crippen LogP contribution >= 0.6 is 35.1 Å². The summed E-state index contributed by atoms with van der Waals surface area (Å²) in [5.41, 5.74) is 7.43. The first-order valence-electron chi connectivity index (χ1n) is 15.4. The van der Waals surface area contributed by atoms with Crippen LogP contribution in [-0.2, 0) is 36.1 Å². The molecular formula is C26H39ClN7O15P3. The molecule has 26 heteroatoms. The topological polar surface area (TPSA) is 312 Å². The number of aromatic nitrogens is 4. The van der Waals surface area contributed by atoms with Gasteiger partial charge in [-0.25, -0.2) is 28.6 Å². The molecule has 0 aliphatic carbocycles. The molecule has 1 aliphatic heterocycles. The van der Waals surface area contributed by atoms with E-state index in [-0.39, 0.29) is 36.7 Å². The van der Waals surface area contributed by atoms with Crippen LogP contribution in [0.1, 0.15) is 23.0 Å². The molecule has 0 radical (unpaired) electrons. The predicted molar refractivity (Wildman–Crippen MR) is 182 cm³/mol. The fourth-order valence-corrected chi connectivity index (χ4v) is 8.83. The highest BCUT2D eigenvalue weighted by Gasteiger charge is 2.47. The van der Waals surface area contributed by atoms with E-state index < -0.39 is 61.2 Å². The van der Waals surface area contributed by atoms with E-state index in [1.807, 2.05) is 4.90 Å². The summed E-state index contributed by atoms with van der Waals surface area (Å²) < 4.78 is 61.7. The highest BCUT2D eigenvalue weighted by Crippen LogP contribution is 2.67. The van der Waals surface area contributed by atoms with Crippen molar-refractivity contribution in [2.45, 2.75) is 31.0 Å². The van der Waals surface area contributed by atoms with E-state index in [1.54, 1.807) is 29.2 Å². The summed E-state index contributed by atoms with van der Waals surface area (Å²) in [6, 6.07) is 6.92. The number of carbonyl (C=O) groups is 1. The minimum absolute atomic E-state index is 0.0327. The van der Waals surface area contributed by atoms with Crippen molar-refractivity contribution >= 4 is 64.0 Å². The second-order valence-corrected chi connectivity index (χ2v) is 16.1. The van der Waals surface area contributed by atoms with Crippen LogP contribution in [0, 0.1) is 0 Å². The maximum absolute atomic E-state index is 12.5. The number of alkyl halides is 1. The molecule has 3 unspecified atom stereocenters. The lowest BCUT2D eigenvalue weighted by atomic mass is 10.1. The van der Waals surface area contributed by atoms with Gasteiger partial charge < -0.3 is 45.4 Å². The lowest BCUT2D eigenvalue weighted by molar-refractivity contribution is -0.0503. The molecule has 52 heavy (non-hydrogen) atoms. The lowest BCUT2D eigenvalue weighted by Gasteiger charge is -2.27. The maximum atomic E-state index is 12.5. The first-order chi connectivity index (χ1) is 24.6. The standard InChI is InChI=1S/C26H39ClN7O15P3/c27-6-9-33(19-4-2-18(14-36)3-5-19)8-1-7-32(10-12-35)11-13-45-50(39,40)48-52(43,44)49-51(41,42)46-15-20-22(37)23(38)26(47-20)34-17-31-21-24(28)29-16-30-25(21)34/h2-5,14,16-17,20,22-23,26,35,37-38H,1,6-13,15H2,(H,39,40)(H,41,42)(H,43,44)(H2,28,29,30)/t20-,22-,23-,26-/m1/s1. The fraction of sp³-hybridized carbons (Fsp3) is 0.538. The number of nitrogen functional groups attached to an aromatic ring is 1. The predicted octanol–water partition coefficient (Wildman–Crippen LogP) is 0.638. The van der Waals surface area contributed by atoms with Gasteiger partial charge in [0, 0.05) is 49.9 Å². The zero-order valence-corrected chi connectivity index (χ0v) is 30.7. The first-order valence-corrected chi connectivity index (χ1v) is 20.4. The van der Waals surface area contributed by atoms with Crippen LogP contribution in [0.4, 0.5) is 11.5 Å². The molecule has 8 N–H and O–H groups in total. The Morgan fingerprint density at radius 2 is 1.62 bits per heavy atom. The molecule has 3 aromatic rings. The molecule has 7 atom stereocenters. The van der Waals surface area contributed by atoms with Gasteiger partial charge in [0.2, 0.25) is 0 Å². The third-order valence-corrected chi connectivity index (χ3v) is 12.0. The highest BCUT2D eigenvalue weighted by atomic mass is 35.5. The summed E-state index contributed by atoms with van der Waals surface area (Å²) in [5, 5.41) is 30.4. The number of imidazole rings is 1. The number of fused-ring (bicyclic) bond motifs is 1. The average molecular weight is 818 g/mol. The smallest absolute Gasteiger partial charge is 0.395 e. The number of phosphoric ester groups is 2. The number of nitrogens with zero attached hydrogens (tertiary/aromatic N) is 6. The number of ether oxygens (including phenoxy) is 1. The van der Waals surface area contributed by atoms with Crippen molar-refractivity contribution in [3.8, 4) is 0 Å². The molecule has 3 heterocycles. The van der Waals surface area contributed by atoms with Crippen molar-refractivity contribution in [3.63, 3.8) is 0 Å². The second-order valence-electron chi connectivity index (χ2n) is 11.1. The molecule has 1 fully saturated rings. The van der Waals surface area contributed by atoms with E-state index in [1.165, 1.54) is 10.9 Å². The molecule has 290 valence electrons. The minimum Gasteiger partial charge on any atom is -0.395 e. The van der Waals surface area contributed by atoms with Crippen molar-refractivity contribution in [2.75, 3.05) is 69.1 Å². The zero-order chi connectivity index (χ0) is 38.1. The number of halogens is 1. The van der Waals surface area contributed by atoms with Crippen molar-refractivity contribution in [3.05, 3.63) is 42.5 Å². The quantitative estimate of drug-likeness (QED) is 0.0415. The Morgan fingerprint density at radius 3 is 2.27 bits per heavy atom. The van der Waals surface area contributed by atoms with Gasteiger partial charge in [0.05, 0.1) is 26.1 Å². The van der Waals surface area contributed by atoms with Crippen molar-refractivity contribution in [1.82, 2.24) is 24.4 Å². The van der Waals surface area contributed by atoms with Gasteiger partial charge in [0.25, 0.3) is 0 Å². The van der Waals surface area contributed by atoms with E-state index in [4.69, 9.17) is 26.6 Å². The summed E-state index contributed by atoms with van der Waals surface area (Å²) in [4.78, 5) is 56.4. The largest absolute Gasteiger partial charge is 0.490 e. The number of aliphatic hydroxyl groups excluding tert-OH is 3. The van der Waals surface area contributed by atoms with Crippen LogP contribution in [0.25, 0.3) is 11.2 Å². The molecule has 4 rings (SSSR count). The number of nitrogens with two attached hydrogens (primary N) is 1. The molecule has 1 aromatic carbocycles. The summed E-state index contributed by atoms with van der Waals surface area (Å²) in [5.74, 6) is 0.372. The van der Waals surface area contributed by atoms with Crippen LogP contribution in [0.15, 0.2) is 36.9 Å². The fourth-order valence-electron chi connectivity index (χ4n) is 5.13. The Hall–Kier alpha value is -2.46. The lowest BCUT2D eigenvalue weighted by Crippen LogP contribution is -2.34. The number of phosphoric acid groups is 3. The Labute approximate surface area is 301 Å². The number of hydrogen-bond donors (Lipinski definition) is 7. The van der Waals surface area contributed by atoms with Gasteiger partial charge in [-0.05, 0) is 30.7 Å². The molecule has 0 saturated carbocycles. The number of benzene rings is 1. The number of carbonyl (C=O) groups excluding carboxylic acids is 1. The number of rotatable bonds is 22. The Bertz CT molecular complexity index is 1780. The summed E-state index contributed by atoms with van der Waals surface area (Å²) in [6.45, 7) is -0.229. The summed E-state index contributed by atoms with van der Waals surface area (Å²) in [6.07, 6.45) is -2.53. The number of aliphatic hydroxyl groups is 3. The van der Waals surface area contributed by atoms with E-state index in [0.29, 0.717) is 37.5 Å². The van der Waals surface area contributed by atoms with Crippen molar-refractivity contribution in [2.24, 2.45) is 0 Å². The van der Waals surface area contributed by atoms with Crippen molar-refractivity contribution in [1.29, 1.82) is 0 Å². The van der Waals surface area contributed by atoms with E-state index in [9.17, 15) is 48.5 Å². The molecule has 22 nitrogen and oxygen atoms in total. The second kappa shape index (κ2) is 18.7. The van der Waals surface area contributed by atoms with Gasteiger partial charge in [-0.2, -0.15) is 8.62 Å². The zero-order valence-electron chi connectivity index (χ0n) is 27.3. The Morgan fingerprint density at radius 1 is 0.923 bits per heavy atom. The van der Waals surface area contributed by atoms with Gasteiger partial charge >= 0.3 is 23.5 Å². The molecule has 0 bridgehead atoms. The molecule has 2 aromatic heterocycles. The minimum atomic E-state index is -5.81. The number of hydrogen-bond acceptors (Lipinski definition) is 18. The maximum Gasteiger partial charge on any atom is 0.490 e. The SMILES string of the molecule is Nc1ncnc2c1ncn2[C@@H]1O[C@H](COP(=O)(O)OP(=O)(O)OP(=O)(O)OCCN(CCO)CCCN(CCCl)c2ccc(C=O)cc2)[C@@H](O)[C@H]1O. The summed E-state index contributed by atoms with van der Waals surface area (Å²) in [7, 11) is -16.7. The van der Waals surface area contributed by atoms with Crippen molar-refractivity contribution < 1.29 is 70.9 Å². The third kappa shape index (κ3) is 11.8. The normalized spacial score (nSPS) is 22.6.